The number of hydrogen-bond acceptors (Lipinski definition) is 7. The van der Waals surface area contributed by atoms with Crippen LogP contribution >= 0.6 is 0 Å². The first-order chi connectivity index (χ1) is 17.2. The lowest BCUT2D eigenvalue weighted by molar-refractivity contribution is -0.119. The summed E-state index contributed by atoms with van der Waals surface area (Å²) in [5.41, 5.74) is 1.85. The van der Waals surface area contributed by atoms with Gasteiger partial charge in [0, 0.05) is 12.6 Å². The van der Waals surface area contributed by atoms with Crippen LogP contribution in [0.4, 0.5) is 5.69 Å². The van der Waals surface area contributed by atoms with Gasteiger partial charge in [-0.15, -0.1) is 0 Å². The Bertz CT molecular complexity index is 1310. The summed E-state index contributed by atoms with van der Waals surface area (Å²) >= 11 is 0. The lowest BCUT2D eigenvalue weighted by atomic mass is 10.2. The third-order valence-corrected chi connectivity index (χ3v) is 7.26. The highest BCUT2D eigenvalue weighted by Gasteiger charge is 2.30. The van der Waals surface area contributed by atoms with Crippen LogP contribution in [0.2, 0.25) is 0 Å². The van der Waals surface area contributed by atoms with Gasteiger partial charge in [-0.1, -0.05) is 23.8 Å². The lowest BCUT2D eigenvalue weighted by Crippen LogP contribution is -2.40. The zero-order valence-electron chi connectivity index (χ0n) is 20.9. The first-order valence-corrected chi connectivity index (χ1v) is 12.5. The first-order valence-electron chi connectivity index (χ1n) is 11.0. The molecule has 36 heavy (non-hydrogen) atoms. The molecule has 0 heterocycles. The number of rotatable bonds is 11. The van der Waals surface area contributed by atoms with Gasteiger partial charge in [0.15, 0.2) is 11.5 Å². The summed E-state index contributed by atoms with van der Waals surface area (Å²) in [6, 6.07) is 16.4. The molecule has 0 aromatic heterocycles. The number of sulfonamides is 1. The van der Waals surface area contributed by atoms with E-state index in [-0.39, 0.29) is 22.9 Å². The molecule has 10 heteroatoms. The maximum absolute atomic E-state index is 13.7. The molecule has 0 spiro atoms. The molecule has 3 rings (SSSR count). The Kier molecular flexibility index (Phi) is 8.65. The van der Waals surface area contributed by atoms with Gasteiger partial charge in [-0.05, 0) is 48.9 Å². The molecule has 3 aromatic carbocycles. The minimum absolute atomic E-state index is 0.0469. The Labute approximate surface area is 211 Å². The molecule has 0 unspecified atom stereocenters. The molecule has 0 atom stereocenters. The number of ether oxygens (including phenoxy) is 4. The van der Waals surface area contributed by atoms with Crippen LogP contribution in [0.25, 0.3) is 0 Å². The molecular weight excluding hydrogens is 484 g/mol. The van der Waals surface area contributed by atoms with Crippen molar-refractivity contribution in [3.05, 3.63) is 71.8 Å². The van der Waals surface area contributed by atoms with Gasteiger partial charge in [-0.3, -0.25) is 9.10 Å². The van der Waals surface area contributed by atoms with Crippen molar-refractivity contribution in [2.75, 3.05) is 39.3 Å². The van der Waals surface area contributed by atoms with E-state index in [1.165, 1.54) is 46.6 Å². The summed E-state index contributed by atoms with van der Waals surface area (Å²) in [7, 11) is 1.84. The highest BCUT2D eigenvalue weighted by molar-refractivity contribution is 7.92. The summed E-state index contributed by atoms with van der Waals surface area (Å²) < 4.78 is 49.7. The molecule has 0 aliphatic rings. The van der Waals surface area contributed by atoms with Crippen molar-refractivity contribution in [3.8, 4) is 23.0 Å². The predicted octanol–water partition coefficient (Wildman–Crippen LogP) is 3.54. The number of nitrogens with zero attached hydrogens (tertiary/aromatic N) is 1. The first kappa shape index (κ1) is 26.7. The van der Waals surface area contributed by atoms with E-state index in [2.05, 4.69) is 5.32 Å². The molecule has 192 valence electrons. The normalized spacial score (nSPS) is 10.9. The number of carbonyl (C=O) groups excluding carboxylic acids is 1. The van der Waals surface area contributed by atoms with E-state index in [1.807, 2.05) is 6.92 Å². The van der Waals surface area contributed by atoms with Crippen LogP contribution in [-0.2, 0) is 21.4 Å². The second-order valence-electron chi connectivity index (χ2n) is 7.83. The molecule has 1 amide bonds. The van der Waals surface area contributed by atoms with E-state index < -0.39 is 22.5 Å². The highest BCUT2D eigenvalue weighted by atomic mass is 32.2. The Morgan fingerprint density at radius 3 is 2.06 bits per heavy atom. The molecule has 0 radical (unpaired) electrons. The van der Waals surface area contributed by atoms with Crippen LogP contribution in [-0.4, -0.2) is 49.3 Å². The van der Waals surface area contributed by atoms with Gasteiger partial charge >= 0.3 is 0 Å². The molecule has 0 aliphatic heterocycles. The van der Waals surface area contributed by atoms with Crippen LogP contribution < -0.4 is 28.6 Å². The number of benzene rings is 3. The fraction of sp³-hybridized carbons (Fsp3) is 0.269. The average Bonchev–Trinajstić information content (AvgIpc) is 2.90. The summed E-state index contributed by atoms with van der Waals surface area (Å²) in [4.78, 5) is 13.1. The molecule has 0 bridgehead atoms. The molecule has 0 saturated heterocycles. The topological polar surface area (TPSA) is 103 Å². The van der Waals surface area contributed by atoms with Gasteiger partial charge in [0.1, 0.15) is 18.0 Å². The number of carbonyl (C=O) groups is 1. The maximum Gasteiger partial charge on any atom is 0.264 e. The molecule has 9 nitrogen and oxygen atoms in total. The molecule has 0 saturated carbocycles. The van der Waals surface area contributed by atoms with Crippen LogP contribution in [0.3, 0.4) is 0 Å². The van der Waals surface area contributed by atoms with Crippen molar-refractivity contribution in [1.82, 2.24) is 5.32 Å². The van der Waals surface area contributed by atoms with Crippen LogP contribution in [0, 0.1) is 6.92 Å². The Hall–Kier alpha value is -3.92. The quantitative estimate of drug-likeness (QED) is 0.417. The highest BCUT2D eigenvalue weighted by Crippen LogP contribution is 2.35. The molecule has 1 N–H and O–H groups in total. The second kappa shape index (κ2) is 11.7. The van der Waals surface area contributed by atoms with Crippen LogP contribution in [0.1, 0.15) is 11.1 Å². The minimum Gasteiger partial charge on any atom is -0.497 e. The summed E-state index contributed by atoms with van der Waals surface area (Å²) in [5, 5.41) is 2.77. The van der Waals surface area contributed by atoms with E-state index in [1.54, 1.807) is 42.5 Å². The fourth-order valence-electron chi connectivity index (χ4n) is 3.51. The number of amides is 1. The monoisotopic (exact) mass is 514 g/mol. The lowest BCUT2D eigenvalue weighted by Gasteiger charge is -2.26. The van der Waals surface area contributed by atoms with Gasteiger partial charge in [0.05, 0.1) is 39.0 Å². The van der Waals surface area contributed by atoms with Gasteiger partial charge in [0.2, 0.25) is 5.91 Å². The van der Waals surface area contributed by atoms with Crippen molar-refractivity contribution in [2.45, 2.75) is 18.4 Å². The Morgan fingerprint density at radius 1 is 0.806 bits per heavy atom. The summed E-state index contributed by atoms with van der Waals surface area (Å²) in [6.07, 6.45) is 0. The third-order valence-electron chi connectivity index (χ3n) is 5.49. The summed E-state index contributed by atoms with van der Waals surface area (Å²) in [6.45, 7) is 1.54. The largest absolute Gasteiger partial charge is 0.497 e. The van der Waals surface area contributed by atoms with Crippen molar-refractivity contribution < 1.29 is 32.2 Å². The third kappa shape index (κ3) is 6.01. The molecular formula is C26H30N2O7S. The summed E-state index contributed by atoms with van der Waals surface area (Å²) in [5.74, 6) is 1.27. The van der Waals surface area contributed by atoms with Gasteiger partial charge < -0.3 is 24.3 Å². The van der Waals surface area contributed by atoms with Crippen LogP contribution in [0.5, 0.6) is 23.0 Å². The Morgan fingerprint density at radius 2 is 1.44 bits per heavy atom. The van der Waals surface area contributed by atoms with Crippen molar-refractivity contribution >= 4 is 21.6 Å². The Balaban J connectivity index is 1.93. The zero-order valence-corrected chi connectivity index (χ0v) is 21.7. The second-order valence-corrected chi connectivity index (χ2v) is 9.69. The van der Waals surface area contributed by atoms with E-state index in [4.69, 9.17) is 18.9 Å². The van der Waals surface area contributed by atoms with Crippen molar-refractivity contribution in [2.24, 2.45) is 0 Å². The number of hydrogen-bond donors (Lipinski definition) is 1. The SMILES string of the molecule is COc1ccc(OC)c(N(CC(=O)NCc2ccc(OC)c(OC)c2)S(=O)(=O)c2ccc(C)cc2)c1. The number of aryl methyl sites for hydroxylation is 1. The van der Waals surface area contributed by atoms with Gasteiger partial charge in [0.25, 0.3) is 10.0 Å². The van der Waals surface area contributed by atoms with E-state index >= 15 is 0 Å². The number of nitrogens with one attached hydrogen (secondary N) is 1. The van der Waals surface area contributed by atoms with Crippen molar-refractivity contribution in [3.63, 3.8) is 0 Å². The zero-order chi connectivity index (χ0) is 26.3. The molecule has 0 fully saturated rings. The standard InChI is InChI=1S/C26H30N2O7S/c1-18-6-10-21(11-7-18)36(30,31)28(22-15-20(32-2)9-13-23(22)33-3)17-26(29)27-16-19-8-12-24(34-4)25(14-19)35-5/h6-15H,16-17H2,1-5H3,(H,27,29). The van der Waals surface area contributed by atoms with E-state index in [9.17, 15) is 13.2 Å². The van der Waals surface area contributed by atoms with E-state index in [0.29, 0.717) is 17.2 Å². The fourth-order valence-corrected chi connectivity index (χ4v) is 4.93. The average molecular weight is 515 g/mol. The predicted molar refractivity (Wildman–Crippen MR) is 137 cm³/mol. The minimum atomic E-state index is -4.13. The molecule has 3 aromatic rings. The van der Waals surface area contributed by atoms with Crippen molar-refractivity contribution in [1.29, 1.82) is 0 Å². The van der Waals surface area contributed by atoms with Gasteiger partial charge in [-0.25, -0.2) is 8.42 Å². The number of anilines is 1. The smallest absolute Gasteiger partial charge is 0.264 e. The van der Waals surface area contributed by atoms with E-state index in [0.717, 1.165) is 15.4 Å². The van der Waals surface area contributed by atoms with Gasteiger partial charge in [-0.2, -0.15) is 0 Å². The maximum atomic E-state index is 13.7. The number of methoxy groups -OCH3 is 4. The molecule has 0 aliphatic carbocycles. The van der Waals surface area contributed by atoms with Crippen LogP contribution in [0.15, 0.2) is 65.6 Å².